The fourth-order valence-electron chi connectivity index (χ4n) is 2.54. The summed E-state index contributed by atoms with van der Waals surface area (Å²) in [5.41, 5.74) is 3.00. The van der Waals surface area contributed by atoms with Gasteiger partial charge in [-0.05, 0) is 49.1 Å². The van der Waals surface area contributed by atoms with Crippen LogP contribution in [0.5, 0.6) is 0 Å². The second kappa shape index (κ2) is 9.02. The molecule has 0 aliphatic heterocycles. The lowest BCUT2D eigenvalue weighted by atomic mass is 10.0. The Labute approximate surface area is 150 Å². The average Bonchev–Trinajstić information content (AvgIpc) is 2.63. The monoisotopic (exact) mass is 337 g/mol. The molecular weight excluding hydrogens is 310 g/mol. The summed E-state index contributed by atoms with van der Waals surface area (Å²) < 4.78 is 0. The smallest absolute Gasteiger partial charge is 0.248 e. The van der Waals surface area contributed by atoms with Crippen LogP contribution in [0.4, 0.5) is 11.5 Å². The van der Waals surface area contributed by atoms with Crippen LogP contribution < -0.4 is 10.2 Å². The van der Waals surface area contributed by atoms with E-state index in [4.69, 9.17) is 0 Å². The zero-order valence-electron chi connectivity index (χ0n) is 15.5. The molecule has 0 fully saturated rings. The Hall–Kier alpha value is -2.62. The van der Waals surface area contributed by atoms with Gasteiger partial charge in [-0.1, -0.05) is 38.1 Å². The maximum absolute atomic E-state index is 12.1. The number of aromatic nitrogens is 1. The Morgan fingerprint density at radius 3 is 2.32 bits per heavy atom. The molecule has 0 saturated heterocycles. The van der Waals surface area contributed by atoms with E-state index in [-0.39, 0.29) is 5.91 Å². The van der Waals surface area contributed by atoms with Crippen LogP contribution in [0, 0.1) is 0 Å². The van der Waals surface area contributed by atoms with Gasteiger partial charge in [-0.25, -0.2) is 4.98 Å². The highest BCUT2D eigenvalue weighted by Crippen LogP contribution is 2.16. The van der Waals surface area contributed by atoms with Gasteiger partial charge in [-0.3, -0.25) is 4.79 Å². The van der Waals surface area contributed by atoms with E-state index in [9.17, 15) is 4.79 Å². The minimum Gasteiger partial charge on any atom is -0.357 e. The van der Waals surface area contributed by atoms with Crippen molar-refractivity contribution in [2.75, 3.05) is 23.3 Å². The molecule has 1 aromatic carbocycles. The van der Waals surface area contributed by atoms with Crippen LogP contribution in [0.15, 0.2) is 48.7 Å². The number of nitrogens with one attached hydrogen (secondary N) is 1. The van der Waals surface area contributed by atoms with Crippen LogP contribution in [-0.2, 0) is 4.79 Å². The second-order valence-corrected chi connectivity index (χ2v) is 6.22. The maximum atomic E-state index is 12.1. The number of carbonyl (C=O) groups is 1. The predicted octanol–water partition coefficient (Wildman–Crippen LogP) is 4.70. The molecule has 25 heavy (non-hydrogen) atoms. The fraction of sp³-hybridized carbons (Fsp3) is 0.333. The molecule has 1 aromatic heterocycles. The molecule has 0 bridgehead atoms. The molecule has 1 N–H and O–H groups in total. The SMILES string of the molecule is CCN(CC)c1ccc(NC(=O)/C=C/c2ccc(C(C)C)cc2)cn1. The molecule has 0 saturated carbocycles. The lowest BCUT2D eigenvalue weighted by Gasteiger charge is -2.19. The van der Waals surface area contributed by atoms with Gasteiger partial charge in [-0.2, -0.15) is 0 Å². The number of nitrogens with zero attached hydrogens (tertiary/aromatic N) is 2. The van der Waals surface area contributed by atoms with Gasteiger partial charge in [0.05, 0.1) is 11.9 Å². The normalized spacial score (nSPS) is 11.1. The molecule has 4 nitrogen and oxygen atoms in total. The summed E-state index contributed by atoms with van der Waals surface area (Å²) in [5.74, 6) is 1.27. The predicted molar refractivity (Wildman–Crippen MR) is 106 cm³/mol. The molecule has 2 rings (SSSR count). The highest BCUT2D eigenvalue weighted by Gasteiger charge is 2.04. The molecule has 0 aliphatic rings. The first-order valence-corrected chi connectivity index (χ1v) is 8.83. The average molecular weight is 337 g/mol. The number of carbonyl (C=O) groups excluding carboxylic acids is 1. The first kappa shape index (κ1) is 18.7. The van der Waals surface area contributed by atoms with E-state index in [2.05, 4.69) is 55.0 Å². The zero-order valence-corrected chi connectivity index (χ0v) is 15.5. The molecule has 132 valence electrons. The third-order valence-electron chi connectivity index (χ3n) is 4.13. The maximum Gasteiger partial charge on any atom is 0.248 e. The van der Waals surface area contributed by atoms with Crippen molar-refractivity contribution >= 4 is 23.5 Å². The molecule has 2 aromatic rings. The van der Waals surface area contributed by atoms with Gasteiger partial charge in [0.1, 0.15) is 5.82 Å². The molecule has 0 unspecified atom stereocenters. The topological polar surface area (TPSA) is 45.2 Å². The van der Waals surface area contributed by atoms with Crippen molar-refractivity contribution < 1.29 is 4.79 Å². The number of amides is 1. The van der Waals surface area contributed by atoms with Crippen molar-refractivity contribution in [1.82, 2.24) is 4.98 Å². The minimum absolute atomic E-state index is 0.162. The lowest BCUT2D eigenvalue weighted by Crippen LogP contribution is -2.22. The van der Waals surface area contributed by atoms with Crippen LogP contribution in [0.1, 0.15) is 44.7 Å². The lowest BCUT2D eigenvalue weighted by molar-refractivity contribution is -0.111. The van der Waals surface area contributed by atoms with Crippen molar-refractivity contribution in [3.63, 3.8) is 0 Å². The van der Waals surface area contributed by atoms with Gasteiger partial charge in [0, 0.05) is 19.2 Å². The Morgan fingerprint density at radius 1 is 1.12 bits per heavy atom. The Kier molecular flexibility index (Phi) is 6.75. The molecular formula is C21H27N3O. The van der Waals surface area contributed by atoms with Gasteiger partial charge < -0.3 is 10.2 Å². The molecule has 0 aliphatic carbocycles. The summed E-state index contributed by atoms with van der Waals surface area (Å²) in [6.45, 7) is 10.3. The molecule has 1 heterocycles. The van der Waals surface area contributed by atoms with Crippen molar-refractivity contribution in [3.8, 4) is 0 Å². The van der Waals surface area contributed by atoms with Crippen LogP contribution in [0.3, 0.4) is 0 Å². The Balaban J connectivity index is 1.95. The van der Waals surface area contributed by atoms with Crippen LogP contribution in [0.2, 0.25) is 0 Å². The van der Waals surface area contributed by atoms with Gasteiger partial charge >= 0.3 is 0 Å². The standard InChI is InChI=1S/C21H27N3O/c1-5-24(6-2)20-13-12-19(15-22-20)23-21(25)14-9-17-7-10-18(11-8-17)16(3)4/h7-16H,5-6H2,1-4H3,(H,23,25)/b14-9+. The number of anilines is 2. The third-order valence-corrected chi connectivity index (χ3v) is 4.13. The molecule has 0 spiro atoms. The van der Waals surface area contributed by atoms with E-state index in [0.29, 0.717) is 11.6 Å². The fourth-order valence-corrected chi connectivity index (χ4v) is 2.54. The zero-order chi connectivity index (χ0) is 18.2. The number of hydrogen-bond acceptors (Lipinski definition) is 3. The molecule has 1 amide bonds. The van der Waals surface area contributed by atoms with Crippen molar-refractivity contribution in [3.05, 3.63) is 59.8 Å². The number of rotatable bonds is 7. The number of hydrogen-bond donors (Lipinski definition) is 1. The molecule has 4 heteroatoms. The van der Waals surface area contributed by atoms with Crippen LogP contribution in [0.25, 0.3) is 6.08 Å². The quantitative estimate of drug-likeness (QED) is 0.745. The summed E-state index contributed by atoms with van der Waals surface area (Å²) >= 11 is 0. The highest BCUT2D eigenvalue weighted by molar-refractivity contribution is 6.01. The van der Waals surface area contributed by atoms with Crippen molar-refractivity contribution in [1.29, 1.82) is 0 Å². The van der Waals surface area contributed by atoms with Gasteiger partial charge in [0.25, 0.3) is 0 Å². The van der Waals surface area contributed by atoms with E-state index in [1.165, 1.54) is 5.56 Å². The van der Waals surface area contributed by atoms with Gasteiger partial charge in [0.15, 0.2) is 0 Å². The van der Waals surface area contributed by atoms with Crippen LogP contribution >= 0.6 is 0 Å². The van der Waals surface area contributed by atoms with E-state index >= 15 is 0 Å². The van der Waals surface area contributed by atoms with E-state index in [1.54, 1.807) is 12.3 Å². The third kappa shape index (κ3) is 5.45. The largest absolute Gasteiger partial charge is 0.357 e. The summed E-state index contributed by atoms with van der Waals surface area (Å²) in [4.78, 5) is 18.6. The Morgan fingerprint density at radius 2 is 1.80 bits per heavy atom. The second-order valence-electron chi connectivity index (χ2n) is 6.22. The summed E-state index contributed by atoms with van der Waals surface area (Å²) in [7, 11) is 0. The highest BCUT2D eigenvalue weighted by atomic mass is 16.1. The van der Waals surface area contributed by atoms with Crippen molar-refractivity contribution in [2.45, 2.75) is 33.6 Å². The molecule has 0 radical (unpaired) electrons. The van der Waals surface area contributed by atoms with Crippen LogP contribution in [-0.4, -0.2) is 24.0 Å². The minimum atomic E-state index is -0.162. The number of pyridine rings is 1. The van der Waals surface area contributed by atoms with E-state index in [0.717, 1.165) is 24.5 Å². The van der Waals surface area contributed by atoms with E-state index in [1.807, 2.05) is 30.3 Å². The van der Waals surface area contributed by atoms with Crippen molar-refractivity contribution in [2.24, 2.45) is 0 Å². The van der Waals surface area contributed by atoms with Gasteiger partial charge in [-0.15, -0.1) is 0 Å². The molecule has 0 atom stereocenters. The summed E-state index contributed by atoms with van der Waals surface area (Å²) in [6, 6.07) is 12.1. The first-order chi connectivity index (χ1) is 12.0. The first-order valence-electron chi connectivity index (χ1n) is 8.83. The van der Waals surface area contributed by atoms with Gasteiger partial charge in [0.2, 0.25) is 5.91 Å². The van der Waals surface area contributed by atoms with E-state index < -0.39 is 0 Å². The summed E-state index contributed by atoms with van der Waals surface area (Å²) in [6.07, 6.45) is 5.05. The number of benzene rings is 1. The Bertz CT molecular complexity index is 699. The summed E-state index contributed by atoms with van der Waals surface area (Å²) in [5, 5.41) is 2.84.